The smallest absolute Gasteiger partial charge is 0.254 e. The molecule has 1 aliphatic heterocycles. The topological polar surface area (TPSA) is 61.4 Å². The van der Waals surface area contributed by atoms with E-state index in [0.29, 0.717) is 36.3 Å². The molecule has 152 valence electrons. The van der Waals surface area contributed by atoms with Crippen LogP contribution in [0.15, 0.2) is 49.6 Å². The van der Waals surface area contributed by atoms with Crippen molar-refractivity contribution in [2.45, 2.75) is 44.2 Å². The molecular weight excluding hydrogens is 374 g/mol. The van der Waals surface area contributed by atoms with Crippen LogP contribution in [0.1, 0.15) is 42.5 Å². The van der Waals surface area contributed by atoms with Gasteiger partial charge < -0.3 is 15.5 Å². The zero-order valence-electron chi connectivity index (χ0n) is 16.2. The Bertz CT molecular complexity index is 680. The van der Waals surface area contributed by atoms with Gasteiger partial charge in [-0.1, -0.05) is 25.0 Å². The molecule has 0 spiro atoms. The third kappa shape index (κ3) is 5.24. The fraction of sp³-hybridized carbons (Fsp3) is 0.455. The maximum Gasteiger partial charge on any atom is 0.254 e. The van der Waals surface area contributed by atoms with E-state index in [2.05, 4.69) is 23.8 Å². The van der Waals surface area contributed by atoms with Crippen molar-refractivity contribution in [2.75, 3.05) is 18.4 Å². The molecule has 1 saturated heterocycles. The van der Waals surface area contributed by atoms with Gasteiger partial charge in [-0.15, -0.1) is 25.6 Å². The zero-order valence-corrected chi connectivity index (χ0v) is 17.0. The van der Waals surface area contributed by atoms with E-state index >= 15 is 0 Å². The van der Waals surface area contributed by atoms with Gasteiger partial charge in [-0.25, -0.2) is 0 Å². The first-order chi connectivity index (χ1) is 13.1. The number of hydrogen-bond acceptors (Lipinski definition) is 3. The highest BCUT2D eigenvalue weighted by Crippen LogP contribution is 2.33. The number of anilines is 1. The summed E-state index contributed by atoms with van der Waals surface area (Å²) >= 11 is 0. The van der Waals surface area contributed by atoms with Gasteiger partial charge in [-0.2, -0.15) is 0 Å². The van der Waals surface area contributed by atoms with E-state index in [1.807, 2.05) is 0 Å². The van der Waals surface area contributed by atoms with Crippen LogP contribution in [0.2, 0.25) is 0 Å². The van der Waals surface area contributed by atoms with Crippen LogP contribution >= 0.6 is 12.4 Å². The third-order valence-corrected chi connectivity index (χ3v) is 5.56. The maximum absolute atomic E-state index is 12.6. The largest absolute Gasteiger partial charge is 0.331 e. The Morgan fingerprint density at radius 3 is 2.36 bits per heavy atom. The molecule has 2 amide bonds. The lowest BCUT2D eigenvalue weighted by Gasteiger charge is -2.24. The minimum atomic E-state index is -0.116. The Hall–Kier alpha value is -2.11. The fourth-order valence-corrected chi connectivity index (χ4v) is 4.18. The predicted octanol–water partition coefficient (Wildman–Crippen LogP) is 3.78. The molecule has 0 bridgehead atoms. The van der Waals surface area contributed by atoms with Gasteiger partial charge >= 0.3 is 0 Å². The third-order valence-electron chi connectivity index (χ3n) is 5.56. The fourth-order valence-electron chi connectivity index (χ4n) is 4.18. The summed E-state index contributed by atoms with van der Waals surface area (Å²) in [5, 5.41) is 6.47. The summed E-state index contributed by atoms with van der Waals surface area (Å²) in [7, 11) is 0. The number of carbonyl (C=O) groups excluding carboxylic acids is 2. The van der Waals surface area contributed by atoms with Gasteiger partial charge in [0.25, 0.3) is 5.91 Å². The Kier molecular flexibility index (Phi) is 8.27. The molecule has 6 heteroatoms. The van der Waals surface area contributed by atoms with Crippen molar-refractivity contribution in [2.24, 2.45) is 5.92 Å². The molecule has 1 saturated carbocycles. The van der Waals surface area contributed by atoms with Crippen molar-refractivity contribution in [1.29, 1.82) is 0 Å². The molecule has 1 aliphatic carbocycles. The lowest BCUT2D eigenvalue weighted by Crippen LogP contribution is -2.39. The second-order valence-electron chi connectivity index (χ2n) is 7.46. The molecular formula is C22H30ClN3O2. The Labute approximate surface area is 173 Å². The van der Waals surface area contributed by atoms with E-state index in [9.17, 15) is 9.59 Å². The van der Waals surface area contributed by atoms with Gasteiger partial charge in [0.05, 0.1) is 6.04 Å². The van der Waals surface area contributed by atoms with E-state index in [-0.39, 0.29) is 30.3 Å². The number of fused-ring (bicyclic) bond motifs is 1. The van der Waals surface area contributed by atoms with Gasteiger partial charge in [0.1, 0.15) is 0 Å². The van der Waals surface area contributed by atoms with Crippen molar-refractivity contribution < 1.29 is 9.59 Å². The molecule has 2 N–H and O–H groups in total. The highest BCUT2D eigenvalue weighted by molar-refractivity contribution is 5.97. The van der Waals surface area contributed by atoms with Gasteiger partial charge in [0, 0.05) is 30.4 Å². The molecule has 1 heterocycles. The van der Waals surface area contributed by atoms with Crippen LogP contribution in [0.4, 0.5) is 5.69 Å². The molecule has 3 unspecified atom stereocenters. The number of rotatable bonds is 7. The van der Waals surface area contributed by atoms with Crippen molar-refractivity contribution in [3.63, 3.8) is 0 Å². The normalized spacial score (nSPS) is 23.1. The summed E-state index contributed by atoms with van der Waals surface area (Å²) in [6, 6.07) is 7.45. The highest BCUT2D eigenvalue weighted by Gasteiger charge is 2.38. The molecule has 5 nitrogen and oxygen atoms in total. The van der Waals surface area contributed by atoms with E-state index in [4.69, 9.17) is 0 Å². The van der Waals surface area contributed by atoms with Crippen LogP contribution in [0.5, 0.6) is 0 Å². The number of nitrogens with one attached hydrogen (secondary N) is 2. The molecule has 28 heavy (non-hydrogen) atoms. The van der Waals surface area contributed by atoms with Crippen molar-refractivity contribution >= 4 is 29.9 Å². The molecule has 0 radical (unpaired) electrons. The van der Waals surface area contributed by atoms with E-state index in [1.54, 1.807) is 41.3 Å². The van der Waals surface area contributed by atoms with Crippen LogP contribution < -0.4 is 10.6 Å². The first-order valence-electron chi connectivity index (χ1n) is 9.80. The first kappa shape index (κ1) is 22.2. The number of carbonyl (C=O) groups is 2. The number of halogens is 1. The Balaban J connectivity index is 0.00000280. The number of nitrogens with zero attached hydrogens (tertiary/aromatic N) is 1. The summed E-state index contributed by atoms with van der Waals surface area (Å²) in [5.41, 5.74) is 1.30. The lowest BCUT2D eigenvalue weighted by molar-refractivity contribution is -0.117. The summed E-state index contributed by atoms with van der Waals surface area (Å²) in [6.45, 7) is 8.32. The van der Waals surface area contributed by atoms with Gasteiger partial charge in [-0.05, 0) is 49.4 Å². The van der Waals surface area contributed by atoms with E-state index in [0.717, 1.165) is 6.42 Å². The summed E-state index contributed by atoms with van der Waals surface area (Å²) in [4.78, 5) is 26.8. The van der Waals surface area contributed by atoms with E-state index in [1.165, 1.54) is 25.7 Å². The van der Waals surface area contributed by atoms with Crippen LogP contribution in [0.3, 0.4) is 0 Å². The molecule has 2 fully saturated rings. The first-order valence-corrected chi connectivity index (χ1v) is 9.80. The number of hydrogen-bond donors (Lipinski definition) is 2. The molecule has 2 aliphatic rings. The molecule has 1 aromatic carbocycles. The summed E-state index contributed by atoms with van der Waals surface area (Å²) in [6.07, 6.45) is 9.25. The number of benzene rings is 1. The average molecular weight is 404 g/mol. The van der Waals surface area contributed by atoms with Crippen LogP contribution in [-0.4, -0.2) is 41.9 Å². The minimum absolute atomic E-state index is 0. The second kappa shape index (κ2) is 10.4. The van der Waals surface area contributed by atoms with Crippen molar-refractivity contribution in [1.82, 2.24) is 10.2 Å². The minimum Gasteiger partial charge on any atom is -0.331 e. The van der Waals surface area contributed by atoms with Gasteiger partial charge in [0.15, 0.2) is 0 Å². The number of amides is 2. The average Bonchev–Trinajstić information content (AvgIpc) is 3.12. The van der Waals surface area contributed by atoms with Crippen LogP contribution in [0.25, 0.3) is 0 Å². The zero-order chi connectivity index (χ0) is 19.2. The van der Waals surface area contributed by atoms with E-state index < -0.39 is 0 Å². The second-order valence-corrected chi connectivity index (χ2v) is 7.46. The van der Waals surface area contributed by atoms with Gasteiger partial charge in [-0.3, -0.25) is 9.59 Å². The molecule has 0 aromatic heterocycles. The molecule has 3 rings (SSSR count). The maximum atomic E-state index is 12.6. The van der Waals surface area contributed by atoms with Crippen LogP contribution in [0, 0.1) is 5.92 Å². The SMILES string of the molecule is C=CCN(CC=C)C(=O)c1ccc(NC(=O)C2CC3CCCCC3N2)cc1.Cl. The molecule has 1 aromatic rings. The lowest BCUT2D eigenvalue weighted by atomic mass is 9.85. The molecule has 3 atom stereocenters. The Morgan fingerprint density at radius 1 is 1.11 bits per heavy atom. The van der Waals surface area contributed by atoms with Crippen LogP contribution in [-0.2, 0) is 4.79 Å². The summed E-state index contributed by atoms with van der Waals surface area (Å²) < 4.78 is 0. The Morgan fingerprint density at radius 2 is 1.75 bits per heavy atom. The van der Waals surface area contributed by atoms with Crippen molar-refractivity contribution in [3.05, 3.63) is 55.1 Å². The van der Waals surface area contributed by atoms with Gasteiger partial charge in [0.2, 0.25) is 5.91 Å². The standard InChI is InChI=1S/C22H29N3O2.ClH/c1-3-13-25(14-4-2)22(27)16-9-11-18(12-10-16)23-21(26)20-15-17-7-5-6-8-19(17)24-20;/h3-4,9-12,17,19-20,24H,1-2,5-8,13-15H2,(H,23,26);1H. The van der Waals surface area contributed by atoms with Crippen molar-refractivity contribution in [3.8, 4) is 0 Å². The highest BCUT2D eigenvalue weighted by atomic mass is 35.5. The quantitative estimate of drug-likeness (QED) is 0.681. The predicted molar refractivity (Wildman–Crippen MR) is 116 cm³/mol. The summed E-state index contributed by atoms with van der Waals surface area (Å²) in [5.74, 6) is 0.577. The monoisotopic (exact) mass is 403 g/mol.